The van der Waals surface area contributed by atoms with Crippen LogP contribution < -0.4 is 0 Å². The number of aromatic nitrogens is 2. The van der Waals surface area contributed by atoms with Crippen molar-refractivity contribution in [1.82, 2.24) is 14.6 Å². The molecule has 120 valence electrons. The summed E-state index contributed by atoms with van der Waals surface area (Å²) in [6.07, 6.45) is 2.27. The molecule has 0 saturated carbocycles. The lowest BCUT2D eigenvalue weighted by Gasteiger charge is -2.21. The highest BCUT2D eigenvalue weighted by atomic mass is 32.2. The van der Waals surface area contributed by atoms with Crippen molar-refractivity contribution in [3.05, 3.63) is 29.0 Å². The van der Waals surface area contributed by atoms with Crippen LogP contribution >= 0.6 is 0 Å². The van der Waals surface area contributed by atoms with Gasteiger partial charge in [0.05, 0.1) is 11.7 Å². The first-order valence-electron chi connectivity index (χ1n) is 7.35. The van der Waals surface area contributed by atoms with Gasteiger partial charge in [0.1, 0.15) is 10.6 Å². The van der Waals surface area contributed by atoms with Crippen molar-refractivity contribution >= 4 is 10.0 Å². The van der Waals surface area contributed by atoms with E-state index in [1.54, 1.807) is 13.8 Å². The van der Waals surface area contributed by atoms with Crippen molar-refractivity contribution in [2.75, 3.05) is 6.54 Å². The average Bonchev–Trinajstić information content (AvgIpc) is 3.17. The second kappa shape index (κ2) is 5.51. The molecule has 2 aromatic rings. The molecule has 22 heavy (non-hydrogen) atoms. The topological polar surface area (TPSA) is 89.4 Å². The van der Waals surface area contributed by atoms with Crippen molar-refractivity contribution < 1.29 is 17.5 Å². The minimum Gasteiger partial charge on any atom is -0.360 e. The Balaban J connectivity index is 1.99. The summed E-state index contributed by atoms with van der Waals surface area (Å²) >= 11 is 0. The molecule has 1 aliphatic heterocycles. The van der Waals surface area contributed by atoms with Gasteiger partial charge in [0.25, 0.3) is 0 Å². The lowest BCUT2D eigenvalue weighted by molar-refractivity contribution is 0.296. The van der Waals surface area contributed by atoms with Gasteiger partial charge < -0.3 is 9.05 Å². The van der Waals surface area contributed by atoms with Crippen LogP contribution in [0.5, 0.6) is 0 Å². The van der Waals surface area contributed by atoms with E-state index in [9.17, 15) is 8.42 Å². The zero-order valence-corrected chi connectivity index (χ0v) is 13.7. The summed E-state index contributed by atoms with van der Waals surface area (Å²) in [6, 6.07) is 1.53. The van der Waals surface area contributed by atoms with E-state index >= 15 is 0 Å². The molecule has 0 amide bonds. The first-order valence-corrected chi connectivity index (χ1v) is 8.79. The van der Waals surface area contributed by atoms with Crippen LogP contribution in [0.15, 0.2) is 20.0 Å². The SMILES string of the molecule is CCc1cc(C2CCCN2S(=O)(=O)c2c(C)noc2C)on1. The standard InChI is InChI=1S/C14H19N3O4S/c1-4-11-8-13(21-16-11)12-6-5-7-17(12)22(18,19)14-9(2)15-20-10(14)3/h8,12H,4-7H2,1-3H3. The van der Waals surface area contributed by atoms with Gasteiger partial charge >= 0.3 is 0 Å². The van der Waals surface area contributed by atoms with E-state index in [-0.39, 0.29) is 10.9 Å². The normalized spacial score (nSPS) is 19.9. The third kappa shape index (κ3) is 2.36. The molecule has 3 rings (SSSR count). The third-order valence-electron chi connectivity index (χ3n) is 4.01. The van der Waals surface area contributed by atoms with E-state index in [0.29, 0.717) is 23.8 Å². The molecule has 0 aromatic carbocycles. The van der Waals surface area contributed by atoms with Gasteiger partial charge in [0, 0.05) is 12.6 Å². The van der Waals surface area contributed by atoms with Gasteiger partial charge in [-0.1, -0.05) is 17.2 Å². The molecule has 1 atom stereocenters. The van der Waals surface area contributed by atoms with Gasteiger partial charge in [-0.2, -0.15) is 4.31 Å². The molecule has 3 heterocycles. The fourth-order valence-electron chi connectivity index (χ4n) is 2.92. The summed E-state index contributed by atoms with van der Waals surface area (Å²) in [6.45, 7) is 5.69. The Morgan fingerprint density at radius 3 is 2.68 bits per heavy atom. The third-order valence-corrected chi connectivity index (χ3v) is 6.16. The van der Waals surface area contributed by atoms with Gasteiger partial charge in [-0.25, -0.2) is 8.42 Å². The Morgan fingerprint density at radius 2 is 2.09 bits per heavy atom. The largest absolute Gasteiger partial charge is 0.360 e. The van der Waals surface area contributed by atoms with Crippen molar-refractivity contribution in [2.45, 2.75) is 51.0 Å². The maximum atomic E-state index is 13.0. The number of sulfonamides is 1. The van der Waals surface area contributed by atoms with Gasteiger partial charge in [-0.3, -0.25) is 0 Å². The highest BCUT2D eigenvalue weighted by Gasteiger charge is 2.40. The Morgan fingerprint density at radius 1 is 1.32 bits per heavy atom. The van der Waals surface area contributed by atoms with E-state index < -0.39 is 10.0 Å². The first-order chi connectivity index (χ1) is 10.4. The average molecular weight is 325 g/mol. The van der Waals surface area contributed by atoms with Crippen molar-refractivity contribution in [3.63, 3.8) is 0 Å². The monoisotopic (exact) mass is 325 g/mol. The molecule has 1 saturated heterocycles. The van der Waals surface area contributed by atoms with Crippen molar-refractivity contribution in [2.24, 2.45) is 0 Å². The van der Waals surface area contributed by atoms with E-state index in [0.717, 1.165) is 25.0 Å². The highest BCUT2D eigenvalue weighted by molar-refractivity contribution is 7.89. The van der Waals surface area contributed by atoms with E-state index in [4.69, 9.17) is 9.05 Å². The van der Waals surface area contributed by atoms with Crippen LogP contribution in [0.25, 0.3) is 0 Å². The summed E-state index contributed by atoms with van der Waals surface area (Å²) < 4.78 is 37.8. The molecule has 1 unspecified atom stereocenters. The predicted octanol–water partition coefficient (Wildman–Crippen LogP) is 2.37. The zero-order valence-electron chi connectivity index (χ0n) is 12.9. The van der Waals surface area contributed by atoms with E-state index in [2.05, 4.69) is 10.3 Å². The number of hydrogen-bond acceptors (Lipinski definition) is 6. The molecule has 0 radical (unpaired) electrons. The van der Waals surface area contributed by atoms with Crippen molar-refractivity contribution in [3.8, 4) is 0 Å². The van der Waals surface area contributed by atoms with Gasteiger partial charge in [0.2, 0.25) is 10.0 Å². The fraction of sp³-hybridized carbons (Fsp3) is 0.571. The summed E-state index contributed by atoms with van der Waals surface area (Å²) in [5.41, 5.74) is 1.21. The van der Waals surface area contributed by atoms with Crippen LogP contribution in [0.2, 0.25) is 0 Å². The molecule has 2 aromatic heterocycles. The summed E-state index contributed by atoms with van der Waals surface area (Å²) in [7, 11) is -3.66. The summed E-state index contributed by atoms with van der Waals surface area (Å²) in [5, 5.41) is 7.72. The maximum absolute atomic E-state index is 13.0. The second-order valence-electron chi connectivity index (χ2n) is 5.50. The molecule has 0 spiro atoms. The summed E-state index contributed by atoms with van der Waals surface area (Å²) in [4.78, 5) is 0.162. The van der Waals surface area contributed by atoms with Gasteiger partial charge in [0.15, 0.2) is 11.5 Å². The maximum Gasteiger partial charge on any atom is 0.249 e. The Bertz CT molecular complexity index is 758. The minimum atomic E-state index is -3.66. The lowest BCUT2D eigenvalue weighted by atomic mass is 10.1. The number of rotatable bonds is 4. The highest BCUT2D eigenvalue weighted by Crippen LogP contribution is 2.38. The second-order valence-corrected chi connectivity index (χ2v) is 7.33. The van der Waals surface area contributed by atoms with Crippen molar-refractivity contribution in [1.29, 1.82) is 0 Å². The van der Waals surface area contributed by atoms with Gasteiger partial charge in [-0.05, 0) is 33.1 Å². The lowest BCUT2D eigenvalue weighted by Crippen LogP contribution is -2.31. The van der Waals surface area contributed by atoms with E-state index in [1.165, 1.54) is 4.31 Å². The molecular formula is C14H19N3O4S. The number of hydrogen-bond donors (Lipinski definition) is 0. The minimum absolute atomic E-state index is 0.162. The number of nitrogens with zero attached hydrogens (tertiary/aromatic N) is 3. The molecule has 7 nitrogen and oxygen atoms in total. The summed E-state index contributed by atoms with van der Waals surface area (Å²) in [5.74, 6) is 0.916. The van der Waals surface area contributed by atoms with Crippen LogP contribution in [-0.4, -0.2) is 29.6 Å². The Hall–Kier alpha value is -1.67. The number of aryl methyl sites for hydroxylation is 3. The molecule has 1 aliphatic rings. The molecule has 1 fully saturated rings. The molecular weight excluding hydrogens is 306 g/mol. The molecule has 0 N–H and O–H groups in total. The quantitative estimate of drug-likeness (QED) is 0.857. The molecule has 0 aliphatic carbocycles. The molecule has 8 heteroatoms. The zero-order chi connectivity index (χ0) is 15.9. The van der Waals surface area contributed by atoms with Crippen LogP contribution in [0, 0.1) is 13.8 Å². The van der Waals surface area contributed by atoms with E-state index in [1.807, 2.05) is 13.0 Å². The van der Waals surface area contributed by atoms with Crippen LogP contribution in [0.3, 0.4) is 0 Å². The Labute approximate surface area is 129 Å². The van der Waals surface area contributed by atoms with Crippen LogP contribution in [-0.2, 0) is 16.4 Å². The van der Waals surface area contributed by atoms with Gasteiger partial charge in [-0.15, -0.1) is 0 Å². The van der Waals surface area contributed by atoms with Crippen LogP contribution in [0.4, 0.5) is 0 Å². The molecule has 0 bridgehead atoms. The smallest absolute Gasteiger partial charge is 0.249 e. The predicted molar refractivity (Wildman–Crippen MR) is 77.7 cm³/mol. The Kier molecular flexibility index (Phi) is 3.82. The fourth-order valence-corrected chi connectivity index (χ4v) is 4.88. The van der Waals surface area contributed by atoms with Crippen LogP contribution in [0.1, 0.15) is 48.7 Å². The first kappa shape index (κ1) is 15.2.